The van der Waals surface area contributed by atoms with Crippen molar-refractivity contribution < 1.29 is 4.39 Å². The summed E-state index contributed by atoms with van der Waals surface area (Å²) in [5.41, 5.74) is 5.61. The van der Waals surface area contributed by atoms with E-state index in [2.05, 4.69) is 26.2 Å². The van der Waals surface area contributed by atoms with E-state index >= 15 is 0 Å². The van der Waals surface area contributed by atoms with Crippen molar-refractivity contribution in [1.82, 2.24) is 4.98 Å². The maximum absolute atomic E-state index is 13.6. The molecule has 0 saturated heterocycles. The summed E-state index contributed by atoms with van der Waals surface area (Å²) in [7, 11) is 0. The predicted octanol–water partition coefficient (Wildman–Crippen LogP) is 2.67. The molecule has 1 fully saturated rings. The van der Waals surface area contributed by atoms with Gasteiger partial charge in [0.05, 0.1) is 5.54 Å². The Morgan fingerprint density at radius 2 is 2.19 bits per heavy atom. The van der Waals surface area contributed by atoms with Crippen LogP contribution in [0.3, 0.4) is 0 Å². The first-order chi connectivity index (χ1) is 7.65. The maximum atomic E-state index is 13.6. The average Bonchev–Trinajstić information content (AvgIpc) is 2.72. The predicted molar refractivity (Wildman–Crippen MR) is 65.8 cm³/mol. The molecule has 1 aromatic rings. The number of pyridine rings is 1. The lowest BCUT2D eigenvalue weighted by atomic mass is 9.98. The molecule has 0 bridgehead atoms. The van der Waals surface area contributed by atoms with Crippen molar-refractivity contribution in [2.45, 2.75) is 31.2 Å². The van der Waals surface area contributed by atoms with Crippen LogP contribution in [0.2, 0.25) is 0 Å². The Morgan fingerprint density at radius 3 is 2.75 bits per heavy atom. The molecule has 0 atom stereocenters. The number of halogens is 2. The molecule has 1 saturated carbocycles. The molecule has 1 aliphatic rings. The molecule has 1 aromatic heterocycles. The zero-order valence-electron chi connectivity index (χ0n) is 8.97. The lowest BCUT2D eigenvalue weighted by Gasteiger charge is -2.29. The van der Waals surface area contributed by atoms with E-state index in [1.165, 1.54) is 6.07 Å². The number of nitrogens with one attached hydrogen (secondary N) is 1. The second-order valence-electron chi connectivity index (χ2n) is 4.30. The van der Waals surface area contributed by atoms with Crippen LogP contribution in [-0.4, -0.2) is 17.1 Å². The summed E-state index contributed by atoms with van der Waals surface area (Å²) in [5, 5.41) is 3.17. The first kappa shape index (κ1) is 11.8. The number of hydrogen-bond donors (Lipinski definition) is 2. The number of hydrogen-bond acceptors (Lipinski definition) is 3. The SMILES string of the molecule is NCC1(Nc2ncc(Br)cc2F)CCCC1. The van der Waals surface area contributed by atoms with Gasteiger partial charge in [-0.2, -0.15) is 0 Å². The van der Waals surface area contributed by atoms with Gasteiger partial charge in [0.1, 0.15) is 0 Å². The van der Waals surface area contributed by atoms with Crippen molar-refractivity contribution in [2.75, 3.05) is 11.9 Å². The minimum absolute atomic E-state index is 0.165. The van der Waals surface area contributed by atoms with Gasteiger partial charge in [-0.05, 0) is 34.8 Å². The summed E-state index contributed by atoms with van der Waals surface area (Å²) in [6.07, 6.45) is 5.84. The van der Waals surface area contributed by atoms with Gasteiger partial charge in [-0.25, -0.2) is 9.37 Å². The van der Waals surface area contributed by atoms with Gasteiger partial charge < -0.3 is 11.1 Å². The van der Waals surface area contributed by atoms with Gasteiger partial charge in [0.2, 0.25) is 0 Å². The van der Waals surface area contributed by atoms with Crippen LogP contribution >= 0.6 is 15.9 Å². The van der Waals surface area contributed by atoms with Gasteiger partial charge in [-0.3, -0.25) is 0 Å². The van der Waals surface area contributed by atoms with Gasteiger partial charge in [-0.1, -0.05) is 12.8 Å². The summed E-state index contributed by atoms with van der Waals surface area (Å²) in [5.74, 6) is -0.0374. The molecule has 0 radical (unpaired) electrons. The number of anilines is 1. The fourth-order valence-corrected chi connectivity index (χ4v) is 2.49. The first-order valence-corrected chi connectivity index (χ1v) is 6.24. The summed E-state index contributed by atoms with van der Waals surface area (Å²) in [6.45, 7) is 0.518. The average molecular weight is 288 g/mol. The van der Waals surface area contributed by atoms with Crippen molar-refractivity contribution in [1.29, 1.82) is 0 Å². The molecular formula is C11H15BrFN3. The molecule has 3 N–H and O–H groups in total. The van der Waals surface area contributed by atoms with Crippen LogP contribution in [0.5, 0.6) is 0 Å². The van der Waals surface area contributed by atoms with E-state index in [1.54, 1.807) is 6.20 Å². The zero-order valence-corrected chi connectivity index (χ0v) is 10.6. The van der Waals surface area contributed by atoms with Crippen LogP contribution in [0.1, 0.15) is 25.7 Å². The lowest BCUT2D eigenvalue weighted by molar-refractivity contribution is 0.485. The molecule has 0 unspecified atom stereocenters. The van der Waals surface area contributed by atoms with Crippen LogP contribution in [-0.2, 0) is 0 Å². The normalized spacial score (nSPS) is 18.7. The van der Waals surface area contributed by atoms with E-state index in [0.717, 1.165) is 25.7 Å². The third-order valence-electron chi connectivity index (χ3n) is 3.14. The van der Waals surface area contributed by atoms with Gasteiger partial charge in [0.25, 0.3) is 0 Å². The van der Waals surface area contributed by atoms with Crippen molar-refractivity contribution in [3.05, 3.63) is 22.6 Å². The Balaban J connectivity index is 2.19. The van der Waals surface area contributed by atoms with Crippen LogP contribution in [0.4, 0.5) is 10.2 Å². The Kier molecular flexibility index (Phi) is 3.44. The molecule has 1 aliphatic carbocycles. The molecule has 5 heteroatoms. The maximum Gasteiger partial charge on any atom is 0.166 e. The Morgan fingerprint density at radius 1 is 1.50 bits per heavy atom. The van der Waals surface area contributed by atoms with Crippen molar-refractivity contribution in [3.63, 3.8) is 0 Å². The van der Waals surface area contributed by atoms with E-state index in [4.69, 9.17) is 5.73 Å². The van der Waals surface area contributed by atoms with E-state index in [0.29, 0.717) is 16.8 Å². The van der Waals surface area contributed by atoms with E-state index < -0.39 is 0 Å². The summed E-state index contributed by atoms with van der Waals surface area (Å²) in [6, 6.07) is 1.41. The van der Waals surface area contributed by atoms with Crippen molar-refractivity contribution in [2.24, 2.45) is 5.73 Å². The summed E-state index contributed by atoms with van der Waals surface area (Å²) < 4.78 is 14.3. The smallest absolute Gasteiger partial charge is 0.166 e. The molecular weight excluding hydrogens is 273 g/mol. The molecule has 0 aromatic carbocycles. The van der Waals surface area contributed by atoms with Gasteiger partial charge in [-0.15, -0.1) is 0 Å². The lowest BCUT2D eigenvalue weighted by Crippen LogP contribution is -2.43. The number of rotatable bonds is 3. The van der Waals surface area contributed by atoms with E-state index in [-0.39, 0.29) is 11.4 Å². The second kappa shape index (κ2) is 4.67. The van der Waals surface area contributed by atoms with Crippen molar-refractivity contribution in [3.8, 4) is 0 Å². The third-order valence-corrected chi connectivity index (χ3v) is 3.58. The van der Waals surface area contributed by atoms with E-state index in [9.17, 15) is 4.39 Å². The molecule has 88 valence electrons. The third kappa shape index (κ3) is 2.35. The molecule has 0 spiro atoms. The Labute approximate surface area is 103 Å². The fourth-order valence-electron chi connectivity index (χ4n) is 2.19. The first-order valence-electron chi connectivity index (χ1n) is 5.44. The highest BCUT2D eigenvalue weighted by atomic mass is 79.9. The molecule has 16 heavy (non-hydrogen) atoms. The Bertz CT molecular complexity index is 377. The highest BCUT2D eigenvalue weighted by Crippen LogP contribution is 2.32. The molecule has 3 nitrogen and oxygen atoms in total. The van der Waals surface area contributed by atoms with Crippen LogP contribution in [0, 0.1) is 5.82 Å². The van der Waals surface area contributed by atoms with Gasteiger partial charge in [0.15, 0.2) is 11.6 Å². The highest BCUT2D eigenvalue weighted by Gasteiger charge is 2.33. The zero-order chi connectivity index (χ0) is 11.6. The topological polar surface area (TPSA) is 50.9 Å². The van der Waals surface area contributed by atoms with Gasteiger partial charge >= 0.3 is 0 Å². The number of nitrogens with two attached hydrogens (primary N) is 1. The molecule has 0 aliphatic heterocycles. The van der Waals surface area contributed by atoms with E-state index in [1.807, 2.05) is 0 Å². The van der Waals surface area contributed by atoms with Crippen LogP contribution in [0.25, 0.3) is 0 Å². The van der Waals surface area contributed by atoms with Crippen LogP contribution < -0.4 is 11.1 Å². The minimum Gasteiger partial charge on any atom is -0.361 e. The largest absolute Gasteiger partial charge is 0.361 e. The monoisotopic (exact) mass is 287 g/mol. The molecule has 1 heterocycles. The Hall–Kier alpha value is -0.680. The molecule has 2 rings (SSSR count). The quantitative estimate of drug-likeness (QED) is 0.899. The van der Waals surface area contributed by atoms with Crippen molar-refractivity contribution >= 4 is 21.7 Å². The molecule has 0 amide bonds. The standard InChI is InChI=1S/C11H15BrFN3/c12-8-5-9(13)10(15-6-8)16-11(7-14)3-1-2-4-11/h5-6H,1-4,7,14H2,(H,15,16). The highest BCUT2D eigenvalue weighted by molar-refractivity contribution is 9.10. The van der Waals surface area contributed by atoms with Crippen LogP contribution in [0.15, 0.2) is 16.7 Å². The minimum atomic E-state index is -0.339. The number of aromatic nitrogens is 1. The number of nitrogens with zero attached hydrogens (tertiary/aromatic N) is 1. The summed E-state index contributed by atoms with van der Waals surface area (Å²) in [4.78, 5) is 4.05. The van der Waals surface area contributed by atoms with Gasteiger partial charge in [0, 0.05) is 17.2 Å². The second-order valence-corrected chi connectivity index (χ2v) is 5.22. The fraction of sp³-hybridized carbons (Fsp3) is 0.545. The summed E-state index contributed by atoms with van der Waals surface area (Å²) >= 11 is 3.18.